The lowest BCUT2D eigenvalue weighted by atomic mass is 10.1. The molecule has 0 saturated heterocycles. The Morgan fingerprint density at radius 3 is 2.65 bits per heavy atom. The van der Waals surface area contributed by atoms with Crippen LogP contribution in [0, 0.1) is 0 Å². The van der Waals surface area contributed by atoms with Crippen LogP contribution in [0.1, 0.15) is 29.9 Å². The maximum absolute atomic E-state index is 12.2. The summed E-state index contributed by atoms with van der Waals surface area (Å²) in [6.07, 6.45) is 1.33. The van der Waals surface area contributed by atoms with E-state index < -0.39 is 6.10 Å². The number of hydrogen-bond acceptors (Lipinski definition) is 4. The van der Waals surface area contributed by atoms with Crippen molar-refractivity contribution in [3.05, 3.63) is 59.9 Å². The van der Waals surface area contributed by atoms with Gasteiger partial charge in [0.1, 0.15) is 0 Å². The topological polar surface area (TPSA) is 71.5 Å². The monoisotopic (exact) mass is 314 g/mol. The summed E-state index contributed by atoms with van der Waals surface area (Å²) in [5.74, 6) is 0.0888. The van der Waals surface area contributed by atoms with E-state index >= 15 is 0 Å². The molecule has 2 N–H and O–H groups in total. The van der Waals surface area contributed by atoms with Crippen LogP contribution in [-0.4, -0.2) is 34.8 Å². The maximum Gasteiger partial charge on any atom is 0.273 e. The standard InChI is InChI=1S/C18H22N2O3/c1-13(2)23-16-9-6-10-19-17(16)18(22)20-12-15(21)11-14-7-4-3-5-8-14/h3-10,13,15,21H,11-12H2,1-2H3,(H,20,22). The minimum atomic E-state index is -0.653. The Labute approximate surface area is 136 Å². The molecule has 2 rings (SSSR count). The molecule has 1 aromatic carbocycles. The van der Waals surface area contributed by atoms with Gasteiger partial charge in [-0.25, -0.2) is 4.98 Å². The lowest BCUT2D eigenvalue weighted by Crippen LogP contribution is -2.34. The normalized spacial score (nSPS) is 12.0. The van der Waals surface area contributed by atoms with Crippen molar-refractivity contribution in [1.82, 2.24) is 10.3 Å². The van der Waals surface area contributed by atoms with Crippen LogP contribution in [0.4, 0.5) is 0 Å². The number of aliphatic hydroxyl groups excluding tert-OH is 1. The van der Waals surface area contributed by atoms with Gasteiger partial charge in [0.15, 0.2) is 11.4 Å². The molecule has 1 heterocycles. The van der Waals surface area contributed by atoms with Gasteiger partial charge < -0.3 is 15.2 Å². The van der Waals surface area contributed by atoms with Crippen LogP contribution in [-0.2, 0) is 6.42 Å². The summed E-state index contributed by atoms with van der Waals surface area (Å²) in [5, 5.41) is 12.7. The third-order valence-electron chi connectivity index (χ3n) is 3.16. The minimum Gasteiger partial charge on any atom is -0.489 e. The van der Waals surface area contributed by atoms with Crippen molar-refractivity contribution in [2.24, 2.45) is 0 Å². The van der Waals surface area contributed by atoms with Gasteiger partial charge in [-0.15, -0.1) is 0 Å². The number of ether oxygens (including phenoxy) is 1. The molecule has 2 aromatic rings. The van der Waals surface area contributed by atoms with E-state index in [2.05, 4.69) is 10.3 Å². The number of hydrogen-bond donors (Lipinski definition) is 2. The third kappa shape index (κ3) is 5.38. The Bertz CT molecular complexity index is 629. The highest BCUT2D eigenvalue weighted by Crippen LogP contribution is 2.16. The molecule has 0 bridgehead atoms. The van der Waals surface area contributed by atoms with Crippen molar-refractivity contribution < 1.29 is 14.6 Å². The quantitative estimate of drug-likeness (QED) is 0.822. The first-order chi connectivity index (χ1) is 11.1. The average molecular weight is 314 g/mol. The Morgan fingerprint density at radius 1 is 1.22 bits per heavy atom. The number of carbonyl (C=O) groups excluding carboxylic acids is 1. The van der Waals surface area contributed by atoms with Crippen LogP contribution >= 0.6 is 0 Å². The van der Waals surface area contributed by atoms with E-state index in [1.165, 1.54) is 0 Å². The summed E-state index contributed by atoms with van der Waals surface area (Å²) in [6, 6.07) is 13.1. The van der Waals surface area contributed by atoms with Crippen molar-refractivity contribution in [3.63, 3.8) is 0 Å². The molecule has 0 spiro atoms. The number of rotatable bonds is 7. The molecule has 122 valence electrons. The summed E-state index contributed by atoms with van der Waals surface area (Å²) >= 11 is 0. The van der Waals surface area contributed by atoms with E-state index in [1.807, 2.05) is 44.2 Å². The summed E-state index contributed by atoms with van der Waals surface area (Å²) in [4.78, 5) is 16.3. The van der Waals surface area contributed by atoms with E-state index in [-0.39, 0.29) is 24.2 Å². The average Bonchev–Trinajstić information content (AvgIpc) is 2.53. The van der Waals surface area contributed by atoms with Crippen LogP contribution in [0.5, 0.6) is 5.75 Å². The number of aromatic nitrogens is 1. The van der Waals surface area contributed by atoms with E-state index in [1.54, 1.807) is 18.3 Å². The Kier molecular flexibility index (Phi) is 6.11. The highest BCUT2D eigenvalue weighted by atomic mass is 16.5. The molecule has 0 saturated carbocycles. The molecule has 1 amide bonds. The molecular formula is C18H22N2O3. The molecule has 1 atom stereocenters. The van der Waals surface area contributed by atoms with Crippen molar-refractivity contribution in [2.75, 3.05) is 6.54 Å². The second kappa shape index (κ2) is 8.29. The molecule has 0 fully saturated rings. The van der Waals surface area contributed by atoms with E-state index in [9.17, 15) is 9.90 Å². The fourth-order valence-corrected chi connectivity index (χ4v) is 2.16. The summed E-state index contributed by atoms with van der Waals surface area (Å²) in [7, 11) is 0. The zero-order valence-corrected chi connectivity index (χ0v) is 13.4. The predicted molar refractivity (Wildman–Crippen MR) is 88.5 cm³/mol. The van der Waals surface area contributed by atoms with Gasteiger partial charge in [0.25, 0.3) is 5.91 Å². The smallest absolute Gasteiger partial charge is 0.273 e. The predicted octanol–water partition coefficient (Wildman–Crippen LogP) is 2.20. The van der Waals surface area contributed by atoms with Crippen LogP contribution in [0.15, 0.2) is 48.7 Å². The van der Waals surface area contributed by atoms with Gasteiger partial charge in [0.2, 0.25) is 0 Å². The molecule has 5 nitrogen and oxygen atoms in total. The van der Waals surface area contributed by atoms with Crippen molar-refractivity contribution in [3.8, 4) is 5.75 Å². The molecule has 1 unspecified atom stereocenters. The molecule has 0 aliphatic rings. The van der Waals surface area contributed by atoms with Crippen LogP contribution in [0.3, 0.4) is 0 Å². The zero-order valence-electron chi connectivity index (χ0n) is 13.4. The largest absolute Gasteiger partial charge is 0.489 e. The fraction of sp³-hybridized carbons (Fsp3) is 0.333. The summed E-state index contributed by atoms with van der Waals surface area (Å²) in [6.45, 7) is 3.93. The van der Waals surface area contributed by atoms with E-state index in [0.29, 0.717) is 12.2 Å². The number of aliphatic hydroxyl groups is 1. The summed E-state index contributed by atoms with van der Waals surface area (Å²) < 4.78 is 5.58. The molecule has 0 radical (unpaired) electrons. The SMILES string of the molecule is CC(C)Oc1cccnc1C(=O)NCC(O)Cc1ccccc1. The number of pyridine rings is 1. The first kappa shape index (κ1) is 17.0. The molecule has 0 aliphatic heterocycles. The van der Waals surface area contributed by atoms with Crippen LogP contribution in [0.2, 0.25) is 0 Å². The van der Waals surface area contributed by atoms with Gasteiger partial charge in [-0.05, 0) is 31.5 Å². The molecule has 23 heavy (non-hydrogen) atoms. The van der Waals surface area contributed by atoms with Crippen molar-refractivity contribution in [1.29, 1.82) is 0 Å². The zero-order chi connectivity index (χ0) is 16.7. The third-order valence-corrected chi connectivity index (χ3v) is 3.16. The van der Waals surface area contributed by atoms with Gasteiger partial charge in [-0.2, -0.15) is 0 Å². The summed E-state index contributed by atoms with van der Waals surface area (Å²) in [5.41, 5.74) is 1.25. The molecule has 0 aliphatic carbocycles. The van der Waals surface area contributed by atoms with Crippen LogP contribution < -0.4 is 10.1 Å². The van der Waals surface area contributed by atoms with Gasteiger partial charge in [-0.1, -0.05) is 30.3 Å². The lowest BCUT2D eigenvalue weighted by Gasteiger charge is -2.15. The van der Waals surface area contributed by atoms with Crippen molar-refractivity contribution in [2.45, 2.75) is 32.5 Å². The Hall–Kier alpha value is -2.40. The Balaban J connectivity index is 1.92. The second-order valence-electron chi connectivity index (χ2n) is 5.57. The number of nitrogens with zero attached hydrogens (tertiary/aromatic N) is 1. The van der Waals surface area contributed by atoms with E-state index in [0.717, 1.165) is 5.56 Å². The first-order valence-corrected chi connectivity index (χ1v) is 7.68. The van der Waals surface area contributed by atoms with Gasteiger partial charge in [0.05, 0.1) is 12.2 Å². The lowest BCUT2D eigenvalue weighted by molar-refractivity contribution is 0.0904. The fourth-order valence-electron chi connectivity index (χ4n) is 2.16. The number of amides is 1. The maximum atomic E-state index is 12.2. The Morgan fingerprint density at radius 2 is 1.96 bits per heavy atom. The van der Waals surface area contributed by atoms with Gasteiger partial charge >= 0.3 is 0 Å². The van der Waals surface area contributed by atoms with Crippen LogP contribution in [0.25, 0.3) is 0 Å². The number of benzene rings is 1. The van der Waals surface area contributed by atoms with Gasteiger partial charge in [-0.3, -0.25) is 4.79 Å². The number of nitrogens with one attached hydrogen (secondary N) is 1. The number of carbonyl (C=O) groups is 1. The highest BCUT2D eigenvalue weighted by molar-refractivity contribution is 5.94. The molecule has 1 aromatic heterocycles. The van der Waals surface area contributed by atoms with Crippen molar-refractivity contribution >= 4 is 5.91 Å². The highest BCUT2D eigenvalue weighted by Gasteiger charge is 2.16. The minimum absolute atomic E-state index is 0.0468. The first-order valence-electron chi connectivity index (χ1n) is 7.68. The molecule has 5 heteroatoms. The second-order valence-corrected chi connectivity index (χ2v) is 5.57. The van der Waals surface area contributed by atoms with Gasteiger partial charge in [0, 0.05) is 19.2 Å². The van der Waals surface area contributed by atoms with E-state index in [4.69, 9.17) is 4.74 Å². The molecular weight excluding hydrogens is 292 g/mol.